The number of ether oxygens (including phenoxy) is 2. The van der Waals surface area contributed by atoms with Gasteiger partial charge in [0.1, 0.15) is 23.3 Å². The van der Waals surface area contributed by atoms with Crippen LogP contribution in [0.3, 0.4) is 0 Å². The van der Waals surface area contributed by atoms with Gasteiger partial charge in [0.25, 0.3) is 0 Å². The van der Waals surface area contributed by atoms with E-state index in [1.807, 2.05) is 36.4 Å². The molecular formula is C23H26N2NiO2. The van der Waals surface area contributed by atoms with Gasteiger partial charge in [0.15, 0.2) is 11.8 Å². The molecule has 0 fully saturated rings. The molecule has 5 heteroatoms. The molecule has 0 amide bonds. The first-order valence-corrected chi connectivity index (χ1v) is 9.46. The predicted molar refractivity (Wildman–Crippen MR) is 108 cm³/mol. The van der Waals surface area contributed by atoms with E-state index in [-0.39, 0.29) is 39.8 Å². The first-order valence-electron chi connectivity index (χ1n) is 9.46. The zero-order valence-electron chi connectivity index (χ0n) is 16.7. The van der Waals surface area contributed by atoms with Gasteiger partial charge in [0, 0.05) is 16.5 Å². The molecule has 150 valence electrons. The smallest absolute Gasteiger partial charge is 0.194 e. The van der Waals surface area contributed by atoms with Gasteiger partial charge in [-0.05, 0) is 38.8 Å². The molecular weight excluding hydrogens is 395 g/mol. The first-order chi connectivity index (χ1) is 12.9. The maximum absolute atomic E-state index is 6.18. The summed E-state index contributed by atoms with van der Waals surface area (Å²) >= 11 is 0. The molecule has 2 heterocycles. The number of nitrogens with zero attached hydrogens (tertiary/aromatic N) is 2. The van der Waals surface area contributed by atoms with Crippen molar-refractivity contribution in [1.82, 2.24) is 0 Å². The van der Waals surface area contributed by atoms with Gasteiger partial charge in [-0.3, -0.25) is 0 Å². The summed E-state index contributed by atoms with van der Waals surface area (Å²) in [4.78, 5) is 9.71. The van der Waals surface area contributed by atoms with Gasteiger partial charge in [0.2, 0.25) is 0 Å². The summed E-state index contributed by atoms with van der Waals surface area (Å²) in [5.41, 5.74) is 1.55. The molecule has 0 radical (unpaired) electrons. The van der Waals surface area contributed by atoms with E-state index in [9.17, 15) is 0 Å². The first kappa shape index (κ1) is 20.6. The van der Waals surface area contributed by atoms with Crippen molar-refractivity contribution < 1.29 is 26.0 Å². The molecule has 2 aliphatic rings. The summed E-state index contributed by atoms with van der Waals surface area (Å²) < 4.78 is 12.4. The fraction of sp³-hybridized carbons (Fsp3) is 0.391. The molecule has 0 N–H and O–H groups in total. The summed E-state index contributed by atoms with van der Waals surface area (Å²) in [6.45, 7) is 8.31. The zero-order valence-corrected chi connectivity index (χ0v) is 17.7. The van der Waals surface area contributed by atoms with Crippen LogP contribution in [0.4, 0.5) is 0 Å². The third-order valence-corrected chi connectivity index (χ3v) is 5.16. The summed E-state index contributed by atoms with van der Waals surface area (Å²) in [5, 5.41) is 0. The van der Waals surface area contributed by atoms with Gasteiger partial charge in [-0.15, -0.1) is 0 Å². The monoisotopic (exact) mass is 420 g/mol. The maximum Gasteiger partial charge on any atom is 0.194 e. The van der Waals surface area contributed by atoms with Crippen molar-refractivity contribution in [1.29, 1.82) is 0 Å². The number of benzene rings is 2. The van der Waals surface area contributed by atoms with E-state index >= 15 is 0 Å². The van der Waals surface area contributed by atoms with E-state index in [4.69, 9.17) is 19.5 Å². The Morgan fingerprint density at radius 1 is 0.679 bits per heavy atom. The second-order valence-electron chi connectivity index (χ2n) is 8.26. The molecule has 0 saturated carbocycles. The number of hydrogen-bond donors (Lipinski definition) is 0. The van der Waals surface area contributed by atoms with E-state index in [0.29, 0.717) is 18.2 Å². The second kappa shape index (κ2) is 7.71. The second-order valence-corrected chi connectivity index (χ2v) is 8.26. The minimum absolute atomic E-state index is 0. The van der Waals surface area contributed by atoms with Crippen LogP contribution in [0, 0.1) is 0 Å². The summed E-state index contributed by atoms with van der Waals surface area (Å²) in [6.07, 6.45) is 0.486. The van der Waals surface area contributed by atoms with Crippen LogP contribution in [-0.2, 0) is 26.0 Å². The van der Waals surface area contributed by atoms with E-state index < -0.39 is 0 Å². The minimum atomic E-state index is -0.385. The topological polar surface area (TPSA) is 43.2 Å². The molecule has 0 unspecified atom stereocenters. The fourth-order valence-corrected chi connectivity index (χ4v) is 3.89. The van der Waals surface area contributed by atoms with Crippen molar-refractivity contribution in [3.05, 3.63) is 71.8 Å². The number of aliphatic imine (C=N–C) groups is 2. The van der Waals surface area contributed by atoms with E-state index in [1.54, 1.807) is 0 Å². The van der Waals surface area contributed by atoms with Crippen LogP contribution in [-0.4, -0.2) is 23.0 Å². The van der Waals surface area contributed by atoms with Gasteiger partial charge in [-0.2, -0.15) is 0 Å². The van der Waals surface area contributed by atoms with Crippen LogP contribution in [0.15, 0.2) is 70.6 Å². The molecule has 2 aromatic rings. The fourth-order valence-electron chi connectivity index (χ4n) is 3.89. The Hall–Kier alpha value is -2.13. The van der Waals surface area contributed by atoms with Gasteiger partial charge in [0.05, 0.1) is 6.42 Å². The van der Waals surface area contributed by atoms with Gasteiger partial charge in [-0.1, -0.05) is 60.7 Å². The summed E-state index contributed by atoms with van der Waals surface area (Å²) in [5.74, 6) is 1.38. The van der Waals surface area contributed by atoms with Gasteiger partial charge >= 0.3 is 0 Å². The standard InChI is InChI=1S/C23H26N2O2.Ni/c1-22(2)20(16-11-7-5-8-12-16)24-18(26-22)15-19-25-21(23(3,4)27-19)17-13-9-6-10-14-17;/h5-14,20-21H,15H2,1-4H3;/t20-,21-;/m1./s1. The molecule has 2 atom stereocenters. The largest absolute Gasteiger partial charge is 0.472 e. The van der Waals surface area contributed by atoms with E-state index in [1.165, 1.54) is 0 Å². The Bertz CT molecular complexity index is 802. The Labute approximate surface area is 177 Å². The molecule has 4 rings (SSSR count). The molecule has 2 aliphatic heterocycles. The maximum atomic E-state index is 6.18. The minimum Gasteiger partial charge on any atom is -0.472 e. The number of rotatable bonds is 4. The summed E-state index contributed by atoms with van der Waals surface area (Å²) in [6, 6.07) is 20.5. The van der Waals surface area contributed by atoms with Crippen molar-refractivity contribution in [2.45, 2.75) is 57.4 Å². The van der Waals surface area contributed by atoms with Crippen LogP contribution in [0.25, 0.3) is 0 Å². The average molecular weight is 421 g/mol. The van der Waals surface area contributed by atoms with Crippen molar-refractivity contribution in [3.63, 3.8) is 0 Å². The zero-order chi connectivity index (χ0) is 19.1. The van der Waals surface area contributed by atoms with Crippen molar-refractivity contribution in [2.75, 3.05) is 0 Å². The molecule has 0 aromatic heterocycles. The van der Waals surface area contributed by atoms with Gasteiger partial charge in [-0.25, -0.2) is 9.98 Å². The van der Waals surface area contributed by atoms with E-state index in [0.717, 1.165) is 11.1 Å². The van der Waals surface area contributed by atoms with Crippen LogP contribution in [0.2, 0.25) is 0 Å². The molecule has 0 saturated heterocycles. The van der Waals surface area contributed by atoms with Crippen molar-refractivity contribution in [3.8, 4) is 0 Å². The van der Waals surface area contributed by atoms with Gasteiger partial charge < -0.3 is 9.47 Å². The van der Waals surface area contributed by atoms with Crippen molar-refractivity contribution in [2.24, 2.45) is 9.98 Å². The average Bonchev–Trinajstić information content (AvgIpc) is 3.11. The van der Waals surface area contributed by atoms with Crippen LogP contribution >= 0.6 is 0 Å². The molecule has 2 aromatic carbocycles. The Balaban J connectivity index is 0.00000225. The molecule has 0 bridgehead atoms. The quantitative estimate of drug-likeness (QED) is 0.632. The SMILES string of the molecule is CC1(C)OC(CC2=N[C@H](c3ccccc3)C(C)(C)O2)=N[C@@H]1c1ccccc1.[Ni]. The van der Waals surface area contributed by atoms with Crippen LogP contribution < -0.4 is 0 Å². The third-order valence-electron chi connectivity index (χ3n) is 5.16. The molecule has 4 nitrogen and oxygen atoms in total. The Morgan fingerprint density at radius 3 is 1.39 bits per heavy atom. The predicted octanol–water partition coefficient (Wildman–Crippen LogP) is 5.27. The van der Waals surface area contributed by atoms with Crippen molar-refractivity contribution >= 4 is 11.8 Å². The normalized spacial score (nSPS) is 24.4. The molecule has 28 heavy (non-hydrogen) atoms. The van der Waals surface area contributed by atoms with Crippen LogP contribution in [0.5, 0.6) is 0 Å². The Morgan fingerprint density at radius 2 is 1.04 bits per heavy atom. The Kier molecular flexibility index (Phi) is 5.68. The van der Waals surface area contributed by atoms with Crippen LogP contribution in [0.1, 0.15) is 57.3 Å². The molecule has 0 spiro atoms. The number of hydrogen-bond acceptors (Lipinski definition) is 4. The summed E-state index contributed by atoms with van der Waals surface area (Å²) in [7, 11) is 0. The molecule has 0 aliphatic carbocycles. The third kappa shape index (κ3) is 4.00. The van der Waals surface area contributed by atoms with E-state index in [2.05, 4.69) is 52.0 Å².